The van der Waals surface area contributed by atoms with E-state index in [0.29, 0.717) is 5.69 Å². The summed E-state index contributed by atoms with van der Waals surface area (Å²) in [5.41, 5.74) is 6.06. The van der Waals surface area contributed by atoms with Crippen molar-refractivity contribution in [2.75, 3.05) is 5.32 Å². The van der Waals surface area contributed by atoms with Gasteiger partial charge >= 0.3 is 0 Å². The van der Waals surface area contributed by atoms with E-state index in [0.717, 1.165) is 47.3 Å². The molecule has 0 atom stereocenters. The second-order valence-electron chi connectivity index (χ2n) is 7.01. The maximum absolute atomic E-state index is 13.5. The number of nitrogens with one attached hydrogen (secondary N) is 1. The standard InChI is InChI=1S/C22H17F2N5OS/c1-13-3-4-16(28-21(30)19-8-15(10-27-29-19)22(2,23)24)9-17(13)14-5-6-25-18(7-14)20-11-31-12-26-20/h3-12H,1-2H3,(H,28,30). The molecule has 31 heavy (non-hydrogen) atoms. The topological polar surface area (TPSA) is 80.7 Å². The van der Waals surface area contributed by atoms with Crippen molar-refractivity contribution in [3.05, 3.63) is 76.5 Å². The number of anilines is 1. The van der Waals surface area contributed by atoms with Crippen LogP contribution in [0.25, 0.3) is 22.5 Å². The lowest BCUT2D eigenvalue weighted by molar-refractivity contribution is 0.0169. The summed E-state index contributed by atoms with van der Waals surface area (Å²) < 4.78 is 27.1. The first-order valence-corrected chi connectivity index (χ1v) is 10.2. The lowest BCUT2D eigenvalue weighted by Crippen LogP contribution is -2.17. The number of thiazole rings is 1. The van der Waals surface area contributed by atoms with Gasteiger partial charge in [-0.1, -0.05) is 6.07 Å². The average Bonchev–Trinajstić information content (AvgIpc) is 3.30. The van der Waals surface area contributed by atoms with Gasteiger partial charge in [0.2, 0.25) is 0 Å². The number of pyridine rings is 1. The Hall–Kier alpha value is -3.59. The highest BCUT2D eigenvalue weighted by atomic mass is 32.1. The molecule has 0 bridgehead atoms. The Morgan fingerprint density at radius 3 is 2.68 bits per heavy atom. The molecule has 4 rings (SSSR count). The number of nitrogens with zero attached hydrogens (tertiary/aromatic N) is 4. The van der Waals surface area contributed by atoms with Crippen LogP contribution in [0.5, 0.6) is 0 Å². The van der Waals surface area contributed by atoms with Gasteiger partial charge in [-0.3, -0.25) is 9.78 Å². The van der Waals surface area contributed by atoms with Crippen LogP contribution in [0.2, 0.25) is 0 Å². The van der Waals surface area contributed by atoms with Crippen LogP contribution in [-0.2, 0) is 5.92 Å². The second-order valence-corrected chi connectivity index (χ2v) is 7.72. The van der Waals surface area contributed by atoms with Crippen molar-refractivity contribution in [2.45, 2.75) is 19.8 Å². The number of benzene rings is 1. The van der Waals surface area contributed by atoms with Gasteiger partial charge in [-0.2, -0.15) is 5.10 Å². The fraction of sp³-hybridized carbons (Fsp3) is 0.136. The minimum absolute atomic E-state index is 0.184. The largest absolute Gasteiger partial charge is 0.321 e. The van der Waals surface area contributed by atoms with Crippen molar-refractivity contribution in [1.82, 2.24) is 20.2 Å². The SMILES string of the molecule is Cc1ccc(NC(=O)c2cc(C(C)(F)F)cnn2)cc1-c1ccnc(-c2cscn2)c1. The van der Waals surface area contributed by atoms with Crippen LogP contribution in [-0.4, -0.2) is 26.1 Å². The molecule has 1 amide bonds. The predicted molar refractivity (Wildman–Crippen MR) is 115 cm³/mol. The Labute approximate surface area is 181 Å². The Morgan fingerprint density at radius 2 is 1.94 bits per heavy atom. The molecule has 0 unspecified atom stereocenters. The average molecular weight is 437 g/mol. The number of halogens is 2. The Kier molecular flexibility index (Phi) is 5.51. The Bertz CT molecular complexity index is 1240. The molecule has 9 heteroatoms. The third-order valence-electron chi connectivity index (χ3n) is 4.66. The molecule has 3 heterocycles. The fourth-order valence-electron chi connectivity index (χ4n) is 3.00. The number of alkyl halides is 2. The zero-order valence-electron chi connectivity index (χ0n) is 16.6. The first-order chi connectivity index (χ1) is 14.8. The van der Waals surface area contributed by atoms with Crippen molar-refractivity contribution >= 4 is 22.9 Å². The van der Waals surface area contributed by atoms with Gasteiger partial charge in [-0.05, 0) is 53.9 Å². The van der Waals surface area contributed by atoms with Crippen LogP contribution < -0.4 is 5.32 Å². The third-order valence-corrected chi connectivity index (χ3v) is 5.24. The Morgan fingerprint density at radius 1 is 1.10 bits per heavy atom. The highest BCUT2D eigenvalue weighted by molar-refractivity contribution is 7.07. The van der Waals surface area contributed by atoms with E-state index >= 15 is 0 Å². The van der Waals surface area contributed by atoms with E-state index in [2.05, 4.69) is 25.5 Å². The van der Waals surface area contributed by atoms with Gasteiger partial charge in [0, 0.05) is 29.8 Å². The summed E-state index contributed by atoms with van der Waals surface area (Å²) in [6.45, 7) is 2.70. The number of aryl methyl sites for hydroxylation is 1. The van der Waals surface area contributed by atoms with Crippen LogP contribution >= 0.6 is 11.3 Å². The molecule has 3 aromatic heterocycles. The van der Waals surface area contributed by atoms with E-state index in [1.54, 1.807) is 17.8 Å². The zero-order valence-corrected chi connectivity index (χ0v) is 17.5. The van der Waals surface area contributed by atoms with Crippen LogP contribution in [0.3, 0.4) is 0 Å². The first-order valence-electron chi connectivity index (χ1n) is 9.29. The normalized spacial score (nSPS) is 11.4. The van der Waals surface area contributed by atoms with Crippen molar-refractivity contribution in [3.8, 4) is 22.5 Å². The number of rotatable bonds is 5. The van der Waals surface area contributed by atoms with E-state index in [1.807, 2.05) is 36.6 Å². The van der Waals surface area contributed by atoms with Crippen LogP contribution in [0, 0.1) is 6.92 Å². The number of carbonyl (C=O) groups excluding carboxylic acids is 1. The third kappa shape index (κ3) is 4.61. The van der Waals surface area contributed by atoms with Crippen molar-refractivity contribution in [1.29, 1.82) is 0 Å². The molecular weight excluding hydrogens is 420 g/mol. The van der Waals surface area contributed by atoms with Gasteiger partial charge in [0.25, 0.3) is 11.8 Å². The van der Waals surface area contributed by atoms with Crippen molar-refractivity contribution < 1.29 is 13.6 Å². The molecule has 4 aromatic rings. The van der Waals surface area contributed by atoms with Crippen LogP contribution in [0.15, 0.2) is 59.7 Å². The van der Waals surface area contributed by atoms with Gasteiger partial charge < -0.3 is 5.32 Å². The molecule has 0 fully saturated rings. The molecule has 156 valence electrons. The molecule has 0 spiro atoms. The van der Waals surface area contributed by atoms with E-state index in [-0.39, 0.29) is 11.3 Å². The highest BCUT2D eigenvalue weighted by Gasteiger charge is 2.26. The summed E-state index contributed by atoms with van der Waals surface area (Å²) in [6.07, 6.45) is 2.66. The molecular formula is C22H17F2N5OS. The van der Waals surface area contributed by atoms with Gasteiger partial charge in [-0.25, -0.2) is 13.8 Å². The summed E-state index contributed by atoms with van der Waals surface area (Å²) in [5, 5.41) is 11.8. The molecule has 0 aliphatic carbocycles. The lowest BCUT2D eigenvalue weighted by atomic mass is 9.99. The monoisotopic (exact) mass is 437 g/mol. The van der Waals surface area contributed by atoms with Gasteiger partial charge in [0.1, 0.15) is 0 Å². The summed E-state index contributed by atoms with van der Waals surface area (Å²) >= 11 is 1.49. The van der Waals surface area contributed by atoms with E-state index in [4.69, 9.17) is 0 Å². The molecule has 0 aliphatic heterocycles. The van der Waals surface area contributed by atoms with E-state index in [9.17, 15) is 13.6 Å². The van der Waals surface area contributed by atoms with Crippen LogP contribution in [0.1, 0.15) is 28.5 Å². The van der Waals surface area contributed by atoms with Gasteiger partial charge in [0.15, 0.2) is 5.69 Å². The maximum atomic E-state index is 13.5. The minimum atomic E-state index is -3.11. The molecule has 1 aromatic carbocycles. The lowest BCUT2D eigenvalue weighted by Gasteiger charge is -2.12. The first kappa shape index (κ1) is 20.7. The molecule has 0 radical (unpaired) electrons. The molecule has 6 nitrogen and oxygen atoms in total. The van der Waals surface area contributed by atoms with Crippen LogP contribution in [0.4, 0.5) is 14.5 Å². The molecule has 0 saturated carbocycles. The number of hydrogen-bond acceptors (Lipinski definition) is 6. The Balaban J connectivity index is 1.62. The second kappa shape index (κ2) is 8.27. The number of carbonyl (C=O) groups is 1. The van der Waals surface area contributed by atoms with E-state index < -0.39 is 11.8 Å². The summed E-state index contributed by atoms with van der Waals surface area (Å²) in [7, 11) is 0. The molecule has 0 saturated heterocycles. The quantitative estimate of drug-likeness (QED) is 0.456. The zero-order chi connectivity index (χ0) is 22.0. The van der Waals surface area contributed by atoms with E-state index in [1.165, 1.54) is 11.3 Å². The minimum Gasteiger partial charge on any atom is -0.321 e. The number of amides is 1. The number of hydrogen-bond donors (Lipinski definition) is 1. The maximum Gasteiger partial charge on any atom is 0.276 e. The van der Waals surface area contributed by atoms with Gasteiger partial charge in [-0.15, -0.1) is 16.4 Å². The summed E-state index contributed by atoms with van der Waals surface area (Å²) in [6, 6.07) is 10.3. The van der Waals surface area contributed by atoms with Crippen molar-refractivity contribution in [2.24, 2.45) is 0 Å². The van der Waals surface area contributed by atoms with Crippen molar-refractivity contribution in [3.63, 3.8) is 0 Å². The molecule has 0 aliphatic rings. The summed E-state index contributed by atoms with van der Waals surface area (Å²) in [5.74, 6) is -3.73. The number of aromatic nitrogens is 4. The van der Waals surface area contributed by atoms with Gasteiger partial charge in [0.05, 0.1) is 23.1 Å². The fourth-order valence-corrected chi connectivity index (χ4v) is 3.55. The smallest absolute Gasteiger partial charge is 0.276 e. The highest BCUT2D eigenvalue weighted by Crippen LogP contribution is 2.30. The predicted octanol–water partition coefficient (Wildman–Crippen LogP) is 5.33. The molecule has 1 N–H and O–H groups in total. The summed E-state index contributed by atoms with van der Waals surface area (Å²) in [4.78, 5) is 21.2.